The molecule has 7 nitrogen and oxygen atoms in total. The first-order chi connectivity index (χ1) is 12.5. The highest BCUT2D eigenvalue weighted by molar-refractivity contribution is 5.95. The molecular formula is C18H21F2NO6. The molecule has 148 valence electrons. The first kappa shape index (κ1) is 18.7. The molecule has 1 aromatic carbocycles. The molecule has 4 rings (SSSR count). The third-order valence-corrected chi connectivity index (χ3v) is 4.60. The van der Waals surface area contributed by atoms with Crippen molar-refractivity contribution in [3.63, 3.8) is 0 Å². The molecule has 0 radical (unpaired) electrons. The molecule has 5 atom stereocenters. The van der Waals surface area contributed by atoms with E-state index in [1.807, 2.05) is 0 Å². The van der Waals surface area contributed by atoms with E-state index in [-0.39, 0.29) is 5.69 Å². The van der Waals surface area contributed by atoms with Crippen LogP contribution < -0.4 is 5.32 Å². The minimum absolute atomic E-state index is 0.161. The van der Waals surface area contributed by atoms with E-state index in [0.29, 0.717) is 6.07 Å². The summed E-state index contributed by atoms with van der Waals surface area (Å²) in [5.74, 6) is -4.15. The van der Waals surface area contributed by atoms with Crippen molar-refractivity contribution in [1.82, 2.24) is 0 Å². The van der Waals surface area contributed by atoms with Gasteiger partial charge in [0.2, 0.25) is 0 Å². The van der Waals surface area contributed by atoms with Crippen molar-refractivity contribution in [3.8, 4) is 0 Å². The van der Waals surface area contributed by atoms with E-state index in [0.717, 1.165) is 12.1 Å². The van der Waals surface area contributed by atoms with Gasteiger partial charge in [-0.15, -0.1) is 0 Å². The van der Waals surface area contributed by atoms with Gasteiger partial charge >= 0.3 is 0 Å². The van der Waals surface area contributed by atoms with E-state index in [1.165, 1.54) is 0 Å². The number of halogens is 2. The minimum atomic E-state index is -1.13. The van der Waals surface area contributed by atoms with Crippen molar-refractivity contribution < 1.29 is 37.3 Å². The highest BCUT2D eigenvalue weighted by atomic mass is 19.1. The number of carbonyl (C=O) groups is 1. The molecule has 5 unspecified atom stereocenters. The molecule has 0 saturated carbocycles. The Morgan fingerprint density at radius 1 is 0.963 bits per heavy atom. The first-order valence-electron chi connectivity index (χ1n) is 8.67. The van der Waals surface area contributed by atoms with Crippen molar-refractivity contribution in [1.29, 1.82) is 0 Å². The maximum absolute atomic E-state index is 13.9. The quantitative estimate of drug-likeness (QED) is 0.842. The lowest BCUT2D eigenvalue weighted by molar-refractivity contribution is -0.229. The number of carbonyl (C=O) groups excluding carboxylic acids is 1. The van der Waals surface area contributed by atoms with Crippen LogP contribution in [0.4, 0.5) is 14.5 Å². The molecule has 1 aromatic rings. The molecule has 0 spiro atoms. The van der Waals surface area contributed by atoms with E-state index in [2.05, 4.69) is 5.32 Å². The summed E-state index contributed by atoms with van der Waals surface area (Å²) in [6.07, 6.45) is -3.91. The monoisotopic (exact) mass is 385 g/mol. The minimum Gasteiger partial charge on any atom is -0.342 e. The number of fused-ring (bicyclic) bond motifs is 3. The van der Waals surface area contributed by atoms with Crippen LogP contribution >= 0.6 is 0 Å². The average molecular weight is 385 g/mol. The Balaban J connectivity index is 1.59. The molecule has 0 aliphatic carbocycles. The molecule has 1 N–H and O–H groups in total. The zero-order valence-corrected chi connectivity index (χ0v) is 15.3. The average Bonchev–Trinajstić information content (AvgIpc) is 3.03. The van der Waals surface area contributed by atoms with Crippen molar-refractivity contribution in [2.45, 2.75) is 70.0 Å². The summed E-state index contributed by atoms with van der Waals surface area (Å²) in [7, 11) is 0. The van der Waals surface area contributed by atoms with Gasteiger partial charge in [0, 0.05) is 6.07 Å². The Bertz CT molecular complexity index is 770. The van der Waals surface area contributed by atoms with Crippen LogP contribution in [0.1, 0.15) is 27.7 Å². The largest absolute Gasteiger partial charge is 0.342 e. The van der Waals surface area contributed by atoms with Crippen LogP contribution in [0.5, 0.6) is 0 Å². The van der Waals surface area contributed by atoms with Gasteiger partial charge < -0.3 is 29.0 Å². The maximum atomic E-state index is 13.9. The van der Waals surface area contributed by atoms with Crippen LogP contribution in [-0.4, -0.2) is 48.2 Å². The van der Waals surface area contributed by atoms with Crippen LogP contribution in [0, 0.1) is 11.6 Å². The molecule has 3 fully saturated rings. The Labute approximate surface area is 154 Å². The summed E-state index contributed by atoms with van der Waals surface area (Å²) < 4.78 is 56.1. The Hall–Kier alpha value is -1.65. The normalized spacial score (nSPS) is 36.1. The number of anilines is 1. The number of benzene rings is 1. The standard InChI is InChI=1S/C18H21F2NO6/c1-17(2)24-11-12(25-17)14-16(27-18(3,4)26-14)23-13(11)15(22)21-10-6-5-8(19)7-9(10)20/h5-7,11-14,16H,1-4H3,(H,21,22). The van der Waals surface area contributed by atoms with Crippen LogP contribution in [0.3, 0.4) is 0 Å². The zero-order chi connectivity index (χ0) is 19.6. The lowest BCUT2D eigenvalue weighted by atomic mass is 9.98. The van der Waals surface area contributed by atoms with Gasteiger partial charge in [0.05, 0.1) is 5.69 Å². The molecular weight excluding hydrogens is 364 g/mol. The van der Waals surface area contributed by atoms with E-state index >= 15 is 0 Å². The lowest BCUT2D eigenvalue weighted by Gasteiger charge is -2.36. The van der Waals surface area contributed by atoms with E-state index in [4.69, 9.17) is 23.7 Å². The van der Waals surface area contributed by atoms with Crippen LogP contribution in [0.2, 0.25) is 0 Å². The highest BCUT2D eigenvalue weighted by Gasteiger charge is 2.62. The molecule has 27 heavy (non-hydrogen) atoms. The maximum Gasteiger partial charge on any atom is 0.256 e. The second-order valence-electron chi connectivity index (χ2n) is 7.70. The van der Waals surface area contributed by atoms with Gasteiger partial charge in [-0.3, -0.25) is 4.79 Å². The fraction of sp³-hybridized carbons (Fsp3) is 0.611. The first-order valence-corrected chi connectivity index (χ1v) is 8.67. The summed E-state index contributed by atoms with van der Waals surface area (Å²) >= 11 is 0. The fourth-order valence-electron chi connectivity index (χ4n) is 3.62. The number of nitrogens with one attached hydrogen (secondary N) is 1. The summed E-state index contributed by atoms with van der Waals surface area (Å²) in [4.78, 5) is 12.8. The SMILES string of the molecule is CC1(C)OC2OC(C(=O)Nc3ccc(F)cc3F)C3OC(C)(C)OC3C2O1. The number of hydrogen-bond donors (Lipinski definition) is 1. The highest BCUT2D eigenvalue weighted by Crippen LogP contribution is 2.44. The molecule has 3 saturated heterocycles. The van der Waals surface area contributed by atoms with Crippen molar-refractivity contribution in [3.05, 3.63) is 29.8 Å². The Kier molecular flexibility index (Phi) is 4.28. The smallest absolute Gasteiger partial charge is 0.256 e. The van der Waals surface area contributed by atoms with Crippen LogP contribution in [-0.2, 0) is 28.5 Å². The Morgan fingerprint density at radius 3 is 2.30 bits per heavy atom. The van der Waals surface area contributed by atoms with Crippen molar-refractivity contribution in [2.75, 3.05) is 5.32 Å². The fourth-order valence-corrected chi connectivity index (χ4v) is 3.62. The summed E-state index contributed by atoms with van der Waals surface area (Å²) in [5, 5.41) is 2.41. The third kappa shape index (κ3) is 3.45. The Morgan fingerprint density at radius 2 is 1.59 bits per heavy atom. The number of ether oxygens (including phenoxy) is 5. The molecule has 3 aliphatic rings. The number of rotatable bonds is 2. The molecule has 3 aliphatic heterocycles. The summed E-state index contributed by atoms with van der Waals surface area (Å²) in [6.45, 7) is 6.90. The van der Waals surface area contributed by atoms with Gasteiger partial charge in [-0.05, 0) is 39.8 Å². The predicted molar refractivity (Wildman–Crippen MR) is 87.5 cm³/mol. The van der Waals surface area contributed by atoms with Gasteiger partial charge in [0.1, 0.15) is 29.9 Å². The zero-order valence-electron chi connectivity index (χ0n) is 15.3. The van der Waals surface area contributed by atoms with Crippen LogP contribution in [0.15, 0.2) is 18.2 Å². The molecule has 0 bridgehead atoms. The topological polar surface area (TPSA) is 75.3 Å². The van der Waals surface area contributed by atoms with Crippen molar-refractivity contribution in [2.24, 2.45) is 0 Å². The van der Waals surface area contributed by atoms with Crippen molar-refractivity contribution >= 4 is 11.6 Å². The van der Waals surface area contributed by atoms with Crippen LogP contribution in [0.25, 0.3) is 0 Å². The number of hydrogen-bond acceptors (Lipinski definition) is 6. The van der Waals surface area contributed by atoms with Gasteiger partial charge in [0.25, 0.3) is 5.91 Å². The molecule has 0 aromatic heterocycles. The second kappa shape index (κ2) is 6.18. The van der Waals surface area contributed by atoms with E-state index in [9.17, 15) is 13.6 Å². The van der Waals surface area contributed by atoms with Gasteiger partial charge in [-0.1, -0.05) is 0 Å². The van der Waals surface area contributed by atoms with E-state index in [1.54, 1.807) is 27.7 Å². The van der Waals surface area contributed by atoms with E-state index < -0.39 is 59.8 Å². The van der Waals surface area contributed by atoms with Gasteiger partial charge in [-0.2, -0.15) is 0 Å². The summed E-state index contributed by atoms with van der Waals surface area (Å²) in [5.41, 5.74) is -0.161. The molecule has 1 amide bonds. The molecule has 9 heteroatoms. The second-order valence-corrected chi connectivity index (χ2v) is 7.70. The van der Waals surface area contributed by atoms with Gasteiger partial charge in [-0.25, -0.2) is 8.78 Å². The predicted octanol–water partition coefficient (Wildman–Crippen LogP) is 2.30. The lowest BCUT2D eigenvalue weighted by Crippen LogP contribution is -2.58. The number of amides is 1. The third-order valence-electron chi connectivity index (χ3n) is 4.60. The van der Waals surface area contributed by atoms with Gasteiger partial charge in [0.15, 0.2) is 24.0 Å². The summed E-state index contributed by atoms with van der Waals surface area (Å²) in [6, 6.07) is 2.87. The molecule has 3 heterocycles.